The summed E-state index contributed by atoms with van der Waals surface area (Å²) in [6.45, 7) is 7.93. The van der Waals surface area contributed by atoms with Crippen molar-refractivity contribution in [2.45, 2.75) is 45.4 Å². The van der Waals surface area contributed by atoms with Gasteiger partial charge in [-0.1, -0.05) is 60.1 Å². The third-order valence-electron chi connectivity index (χ3n) is 5.53. The number of halogens is 1. The Morgan fingerprint density at radius 1 is 1.11 bits per heavy atom. The molecule has 1 N–H and O–H groups in total. The van der Waals surface area contributed by atoms with Crippen molar-refractivity contribution in [1.82, 2.24) is 15.1 Å². The van der Waals surface area contributed by atoms with Crippen LogP contribution in [0.1, 0.15) is 31.4 Å². The van der Waals surface area contributed by atoms with Gasteiger partial charge in [0.15, 0.2) is 0 Å². The van der Waals surface area contributed by atoms with Crippen LogP contribution >= 0.6 is 11.6 Å². The van der Waals surface area contributed by atoms with Crippen molar-refractivity contribution in [2.24, 2.45) is 0 Å². The molecule has 2 aromatic carbocycles. The second-order valence-corrected chi connectivity index (χ2v) is 7.75. The molecule has 1 aliphatic rings. The summed E-state index contributed by atoms with van der Waals surface area (Å²) in [4.78, 5) is 17.4. The number of likely N-dealkylation sites (tertiary alicyclic amines) is 1. The van der Waals surface area contributed by atoms with E-state index in [1.54, 1.807) is 0 Å². The van der Waals surface area contributed by atoms with Crippen molar-refractivity contribution < 1.29 is 4.79 Å². The topological polar surface area (TPSA) is 35.6 Å². The number of likely N-dealkylation sites (N-methyl/N-ethyl adjacent to an activating group) is 1. The van der Waals surface area contributed by atoms with Crippen LogP contribution in [0.25, 0.3) is 0 Å². The van der Waals surface area contributed by atoms with Gasteiger partial charge in [0.05, 0.1) is 6.04 Å². The first-order chi connectivity index (χ1) is 13.6. The van der Waals surface area contributed by atoms with E-state index in [2.05, 4.69) is 34.5 Å². The molecule has 0 radical (unpaired) electrons. The molecule has 1 heterocycles. The summed E-state index contributed by atoms with van der Waals surface area (Å²) in [5.74, 6) is 0.223. The van der Waals surface area contributed by atoms with Crippen molar-refractivity contribution in [3.8, 4) is 0 Å². The van der Waals surface area contributed by atoms with Crippen molar-refractivity contribution in [2.75, 3.05) is 19.6 Å². The van der Waals surface area contributed by atoms with Gasteiger partial charge in [-0.25, -0.2) is 0 Å². The molecule has 0 aromatic heterocycles. The summed E-state index contributed by atoms with van der Waals surface area (Å²) in [6, 6.07) is 18.5. The lowest BCUT2D eigenvalue weighted by atomic mass is 10.1. The lowest BCUT2D eigenvalue weighted by Crippen LogP contribution is -2.45. The summed E-state index contributed by atoms with van der Waals surface area (Å²) < 4.78 is 0. The van der Waals surface area contributed by atoms with Gasteiger partial charge in [0.2, 0.25) is 5.91 Å². The van der Waals surface area contributed by atoms with Gasteiger partial charge in [-0.15, -0.1) is 0 Å². The van der Waals surface area contributed by atoms with Gasteiger partial charge in [0.25, 0.3) is 0 Å². The highest BCUT2D eigenvalue weighted by Gasteiger charge is 2.38. The molecule has 4 nitrogen and oxygen atoms in total. The first kappa shape index (κ1) is 20.8. The quantitative estimate of drug-likeness (QED) is 0.730. The molecule has 1 saturated heterocycles. The molecular weight excluding hydrogens is 370 g/mol. The predicted octanol–water partition coefficient (Wildman–Crippen LogP) is 3.94. The molecule has 0 aliphatic carbocycles. The minimum absolute atomic E-state index is 0.107. The molecule has 0 unspecified atom stereocenters. The van der Waals surface area contributed by atoms with Crippen LogP contribution in [-0.2, 0) is 17.9 Å². The van der Waals surface area contributed by atoms with Gasteiger partial charge < -0.3 is 10.2 Å². The number of nitrogens with zero attached hydrogens (tertiary/aromatic N) is 2. The van der Waals surface area contributed by atoms with E-state index in [4.69, 9.17) is 11.6 Å². The molecule has 0 spiro atoms. The Morgan fingerprint density at radius 2 is 1.79 bits per heavy atom. The van der Waals surface area contributed by atoms with Crippen LogP contribution in [0, 0.1) is 0 Å². The van der Waals surface area contributed by atoms with Gasteiger partial charge in [0.1, 0.15) is 0 Å². The van der Waals surface area contributed by atoms with E-state index in [9.17, 15) is 4.79 Å². The number of nitrogens with one attached hydrogen (secondary N) is 1. The number of amides is 1. The summed E-state index contributed by atoms with van der Waals surface area (Å²) in [5.41, 5.74) is 2.34. The third kappa shape index (κ3) is 5.13. The minimum atomic E-state index is -0.107. The maximum Gasteiger partial charge on any atom is 0.239 e. The molecule has 0 bridgehead atoms. The van der Waals surface area contributed by atoms with Gasteiger partial charge in [0, 0.05) is 43.8 Å². The average molecular weight is 400 g/mol. The zero-order valence-electron chi connectivity index (χ0n) is 16.8. The maximum atomic E-state index is 13.1. The van der Waals surface area contributed by atoms with Crippen molar-refractivity contribution in [3.05, 3.63) is 70.7 Å². The molecule has 28 heavy (non-hydrogen) atoms. The van der Waals surface area contributed by atoms with Crippen molar-refractivity contribution >= 4 is 17.5 Å². The average Bonchev–Trinajstić information content (AvgIpc) is 3.12. The summed E-state index contributed by atoms with van der Waals surface area (Å²) in [5, 5.41) is 4.40. The monoisotopic (exact) mass is 399 g/mol. The molecule has 1 fully saturated rings. The molecule has 2 aromatic rings. The lowest BCUT2D eigenvalue weighted by Gasteiger charge is -2.29. The van der Waals surface area contributed by atoms with E-state index in [0.29, 0.717) is 6.54 Å². The normalized spacial score (nSPS) is 19.7. The smallest absolute Gasteiger partial charge is 0.239 e. The maximum absolute atomic E-state index is 13.1. The predicted molar refractivity (Wildman–Crippen MR) is 115 cm³/mol. The summed E-state index contributed by atoms with van der Waals surface area (Å²) in [7, 11) is 0. The third-order valence-corrected chi connectivity index (χ3v) is 5.90. The minimum Gasteiger partial charge on any atom is -0.342 e. The molecule has 150 valence electrons. The molecule has 0 saturated carbocycles. The molecule has 1 amide bonds. The largest absolute Gasteiger partial charge is 0.342 e. The summed E-state index contributed by atoms with van der Waals surface area (Å²) >= 11 is 6.39. The van der Waals surface area contributed by atoms with E-state index < -0.39 is 0 Å². The Hall–Kier alpha value is -1.88. The van der Waals surface area contributed by atoms with Gasteiger partial charge >= 0.3 is 0 Å². The molecular formula is C23H30ClN3O. The van der Waals surface area contributed by atoms with E-state index in [0.717, 1.165) is 43.2 Å². The zero-order chi connectivity index (χ0) is 19.9. The van der Waals surface area contributed by atoms with E-state index in [1.807, 2.05) is 49.1 Å². The van der Waals surface area contributed by atoms with Crippen LogP contribution in [0.3, 0.4) is 0 Å². The number of hydrogen-bond donors (Lipinski definition) is 1. The highest BCUT2D eigenvalue weighted by Crippen LogP contribution is 2.25. The Balaban J connectivity index is 1.72. The van der Waals surface area contributed by atoms with Gasteiger partial charge in [-0.3, -0.25) is 9.69 Å². The number of rotatable bonds is 8. The number of benzene rings is 2. The second kappa shape index (κ2) is 10.1. The fourth-order valence-corrected chi connectivity index (χ4v) is 4.13. The van der Waals surface area contributed by atoms with Crippen molar-refractivity contribution in [3.63, 3.8) is 0 Å². The SMILES string of the molecule is CCN(CC)C(=O)[C@@H]1C[C@@H](NCc2ccccc2)CN1Cc1ccccc1Cl. The van der Waals surface area contributed by atoms with Crippen LogP contribution in [-0.4, -0.2) is 47.4 Å². The van der Waals surface area contributed by atoms with E-state index in [1.165, 1.54) is 5.56 Å². The number of carbonyl (C=O) groups excluding carboxylic acids is 1. The molecule has 1 aliphatic heterocycles. The molecule has 3 rings (SSSR count). The van der Waals surface area contributed by atoms with Gasteiger partial charge in [-0.05, 0) is 37.5 Å². The molecule has 2 atom stereocenters. The fourth-order valence-electron chi connectivity index (χ4n) is 3.93. The van der Waals surface area contributed by atoms with E-state index >= 15 is 0 Å². The van der Waals surface area contributed by atoms with Crippen LogP contribution in [0.4, 0.5) is 0 Å². The van der Waals surface area contributed by atoms with Gasteiger partial charge in [-0.2, -0.15) is 0 Å². The van der Waals surface area contributed by atoms with E-state index in [-0.39, 0.29) is 18.0 Å². The lowest BCUT2D eigenvalue weighted by molar-refractivity contribution is -0.135. The standard InChI is InChI=1S/C23H30ClN3O/c1-3-26(4-2)23(28)22-14-20(25-15-18-10-6-5-7-11-18)17-27(22)16-19-12-8-9-13-21(19)24/h5-13,20,22,25H,3-4,14-17H2,1-2H3/t20-,22+/m1/s1. The number of carbonyl (C=O) groups is 1. The van der Waals surface area contributed by atoms with Crippen LogP contribution in [0.5, 0.6) is 0 Å². The van der Waals surface area contributed by atoms with Crippen LogP contribution < -0.4 is 5.32 Å². The Labute approximate surface area is 173 Å². The Morgan fingerprint density at radius 3 is 2.46 bits per heavy atom. The second-order valence-electron chi connectivity index (χ2n) is 7.35. The highest BCUT2D eigenvalue weighted by atomic mass is 35.5. The first-order valence-corrected chi connectivity index (χ1v) is 10.5. The highest BCUT2D eigenvalue weighted by molar-refractivity contribution is 6.31. The first-order valence-electron chi connectivity index (χ1n) is 10.2. The number of hydrogen-bond acceptors (Lipinski definition) is 3. The van der Waals surface area contributed by atoms with Crippen LogP contribution in [0.15, 0.2) is 54.6 Å². The van der Waals surface area contributed by atoms with Crippen molar-refractivity contribution in [1.29, 1.82) is 0 Å². The Kier molecular flexibility index (Phi) is 7.49. The summed E-state index contributed by atoms with van der Waals surface area (Å²) in [6.07, 6.45) is 0.826. The fraction of sp³-hybridized carbons (Fsp3) is 0.435. The molecule has 5 heteroatoms. The Bertz CT molecular complexity index is 763. The van der Waals surface area contributed by atoms with Crippen LogP contribution in [0.2, 0.25) is 5.02 Å². The zero-order valence-corrected chi connectivity index (χ0v) is 17.5.